The number of rotatable bonds is 4. The van der Waals surface area contributed by atoms with Crippen molar-refractivity contribution < 1.29 is 18.0 Å². The number of hydrogen-bond donors (Lipinski definition) is 0. The highest BCUT2D eigenvalue weighted by Gasteiger charge is 2.41. The summed E-state index contributed by atoms with van der Waals surface area (Å²) in [4.78, 5) is 12.8. The quantitative estimate of drug-likeness (QED) is 0.805. The molecule has 0 aliphatic rings. The molecule has 0 aliphatic carbocycles. The maximum atomic E-state index is 12.2. The number of thiophene rings is 1. The molecule has 0 fully saturated rings. The Morgan fingerprint density at radius 3 is 2.62 bits per heavy atom. The molecule has 2 nitrogen and oxygen atoms in total. The van der Waals surface area contributed by atoms with Gasteiger partial charge in [-0.3, -0.25) is 4.79 Å². The van der Waals surface area contributed by atoms with E-state index < -0.39 is 12.1 Å². The standard InChI is InChI=1S/C10H12F3NOS/c1-2-14(9(15)10(11,12)13)6-5-8-4-3-7-16-8/h3-4,7H,2,5-6H2,1H3. The lowest BCUT2D eigenvalue weighted by Crippen LogP contribution is -2.41. The molecule has 0 saturated carbocycles. The minimum absolute atomic E-state index is 0.0731. The van der Waals surface area contributed by atoms with Crippen LogP contribution in [0.25, 0.3) is 0 Å². The predicted molar refractivity (Wildman–Crippen MR) is 56.3 cm³/mol. The third-order valence-corrected chi connectivity index (χ3v) is 3.06. The van der Waals surface area contributed by atoms with Gasteiger partial charge in [0.15, 0.2) is 0 Å². The molecule has 6 heteroatoms. The fourth-order valence-corrected chi connectivity index (χ4v) is 1.98. The summed E-state index contributed by atoms with van der Waals surface area (Å²) in [5.74, 6) is -1.76. The molecule has 0 aromatic carbocycles. The SMILES string of the molecule is CCN(CCc1cccs1)C(=O)C(F)(F)F. The van der Waals surface area contributed by atoms with Crippen molar-refractivity contribution in [3.05, 3.63) is 22.4 Å². The highest BCUT2D eigenvalue weighted by Crippen LogP contribution is 2.19. The van der Waals surface area contributed by atoms with E-state index in [1.165, 1.54) is 18.3 Å². The maximum Gasteiger partial charge on any atom is 0.471 e. The zero-order valence-electron chi connectivity index (χ0n) is 8.75. The molecule has 0 spiro atoms. The Balaban J connectivity index is 2.53. The van der Waals surface area contributed by atoms with Crippen LogP contribution < -0.4 is 0 Å². The summed E-state index contributed by atoms with van der Waals surface area (Å²) in [6.07, 6.45) is -4.31. The lowest BCUT2D eigenvalue weighted by Gasteiger charge is -2.21. The number of alkyl halides is 3. The van der Waals surface area contributed by atoms with Crippen LogP contribution in [0.4, 0.5) is 13.2 Å². The molecule has 0 atom stereocenters. The zero-order chi connectivity index (χ0) is 12.2. The van der Waals surface area contributed by atoms with Crippen LogP contribution in [0.5, 0.6) is 0 Å². The molecule has 0 saturated heterocycles. The topological polar surface area (TPSA) is 20.3 Å². The molecule has 1 aromatic heterocycles. The molecular formula is C10H12F3NOS. The summed E-state index contributed by atoms with van der Waals surface area (Å²) in [7, 11) is 0. The molecule has 0 aliphatic heterocycles. The fraction of sp³-hybridized carbons (Fsp3) is 0.500. The van der Waals surface area contributed by atoms with Gasteiger partial charge in [-0.1, -0.05) is 6.07 Å². The van der Waals surface area contributed by atoms with Gasteiger partial charge in [-0.05, 0) is 24.8 Å². The molecule has 1 heterocycles. The lowest BCUT2D eigenvalue weighted by molar-refractivity contribution is -0.185. The highest BCUT2D eigenvalue weighted by molar-refractivity contribution is 7.09. The van der Waals surface area contributed by atoms with Gasteiger partial charge in [0.1, 0.15) is 0 Å². The number of carbonyl (C=O) groups excluding carboxylic acids is 1. The summed E-state index contributed by atoms with van der Waals surface area (Å²) >= 11 is 1.48. The van der Waals surface area contributed by atoms with E-state index in [1.54, 1.807) is 0 Å². The summed E-state index contributed by atoms with van der Waals surface area (Å²) in [5.41, 5.74) is 0. The van der Waals surface area contributed by atoms with Crippen molar-refractivity contribution in [2.24, 2.45) is 0 Å². The smallest absolute Gasteiger partial charge is 0.335 e. The van der Waals surface area contributed by atoms with Crippen molar-refractivity contribution in [1.29, 1.82) is 0 Å². The number of halogens is 3. The summed E-state index contributed by atoms with van der Waals surface area (Å²) in [5, 5.41) is 1.86. The third kappa shape index (κ3) is 3.52. The zero-order valence-corrected chi connectivity index (χ0v) is 9.57. The second-order valence-corrected chi connectivity index (χ2v) is 4.24. The first kappa shape index (κ1) is 13.0. The molecule has 0 N–H and O–H groups in total. The van der Waals surface area contributed by atoms with Gasteiger partial charge in [0.25, 0.3) is 0 Å². The Kier molecular flexibility index (Phi) is 4.35. The van der Waals surface area contributed by atoms with Crippen LogP contribution in [-0.4, -0.2) is 30.1 Å². The first-order chi connectivity index (χ1) is 7.45. The lowest BCUT2D eigenvalue weighted by atomic mass is 10.3. The van der Waals surface area contributed by atoms with E-state index in [9.17, 15) is 18.0 Å². The average Bonchev–Trinajstić information content (AvgIpc) is 2.69. The average molecular weight is 251 g/mol. The third-order valence-electron chi connectivity index (χ3n) is 2.12. The van der Waals surface area contributed by atoms with Gasteiger partial charge in [0.2, 0.25) is 0 Å². The van der Waals surface area contributed by atoms with Gasteiger partial charge in [0, 0.05) is 18.0 Å². The van der Waals surface area contributed by atoms with E-state index in [-0.39, 0.29) is 13.1 Å². The largest absolute Gasteiger partial charge is 0.471 e. The Morgan fingerprint density at radius 2 is 2.19 bits per heavy atom. The predicted octanol–water partition coefficient (Wildman–Crippen LogP) is 2.70. The van der Waals surface area contributed by atoms with Crippen LogP contribution in [-0.2, 0) is 11.2 Å². The van der Waals surface area contributed by atoms with Gasteiger partial charge in [0.05, 0.1) is 0 Å². The van der Waals surface area contributed by atoms with Crippen molar-refractivity contribution in [3.8, 4) is 0 Å². The van der Waals surface area contributed by atoms with Gasteiger partial charge in [-0.15, -0.1) is 11.3 Å². The van der Waals surface area contributed by atoms with E-state index in [2.05, 4.69) is 0 Å². The molecular weight excluding hydrogens is 239 g/mol. The van der Waals surface area contributed by atoms with E-state index in [0.29, 0.717) is 6.42 Å². The second-order valence-electron chi connectivity index (χ2n) is 3.21. The Hall–Kier alpha value is -1.04. The number of likely N-dealkylation sites (N-methyl/N-ethyl adjacent to an activating group) is 1. The van der Waals surface area contributed by atoms with Crippen LogP contribution in [0.15, 0.2) is 17.5 Å². The van der Waals surface area contributed by atoms with Gasteiger partial charge in [-0.25, -0.2) is 0 Å². The molecule has 1 rings (SSSR count). The normalized spacial score (nSPS) is 11.5. The van der Waals surface area contributed by atoms with Gasteiger partial charge < -0.3 is 4.90 Å². The monoisotopic (exact) mass is 251 g/mol. The first-order valence-corrected chi connectivity index (χ1v) is 5.71. The van der Waals surface area contributed by atoms with Crippen molar-refractivity contribution in [2.45, 2.75) is 19.5 Å². The van der Waals surface area contributed by atoms with Gasteiger partial charge >= 0.3 is 12.1 Å². The van der Waals surface area contributed by atoms with Crippen LogP contribution in [0.3, 0.4) is 0 Å². The molecule has 1 amide bonds. The van der Waals surface area contributed by atoms with Crippen molar-refractivity contribution in [1.82, 2.24) is 4.90 Å². The van der Waals surface area contributed by atoms with Crippen molar-refractivity contribution in [3.63, 3.8) is 0 Å². The van der Waals surface area contributed by atoms with Crippen LogP contribution in [0.1, 0.15) is 11.8 Å². The number of nitrogens with zero attached hydrogens (tertiary/aromatic N) is 1. The van der Waals surface area contributed by atoms with E-state index >= 15 is 0 Å². The number of amides is 1. The molecule has 1 aromatic rings. The molecule has 0 radical (unpaired) electrons. The molecule has 16 heavy (non-hydrogen) atoms. The Labute approximate surface area is 95.7 Å². The second kappa shape index (κ2) is 5.34. The maximum absolute atomic E-state index is 12.2. The number of hydrogen-bond acceptors (Lipinski definition) is 2. The summed E-state index contributed by atoms with van der Waals surface area (Å²) in [6, 6.07) is 3.68. The fourth-order valence-electron chi connectivity index (χ4n) is 1.28. The minimum Gasteiger partial charge on any atom is -0.335 e. The summed E-state index contributed by atoms with van der Waals surface area (Å²) in [6.45, 7) is 1.72. The highest BCUT2D eigenvalue weighted by atomic mass is 32.1. The molecule has 90 valence electrons. The van der Waals surface area contributed by atoms with Gasteiger partial charge in [-0.2, -0.15) is 13.2 Å². The van der Waals surface area contributed by atoms with Crippen molar-refractivity contribution >= 4 is 17.2 Å². The number of carbonyl (C=O) groups is 1. The Morgan fingerprint density at radius 1 is 1.50 bits per heavy atom. The molecule has 0 unspecified atom stereocenters. The van der Waals surface area contributed by atoms with Crippen LogP contribution in [0, 0.1) is 0 Å². The summed E-state index contributed by atoms with van der Waals surface area (Å²) < 4.78 is 36.5. The van der Waals surface area contributed by atoms with E-state index in [4.69, 9.17) is 0 Å². The molecule has 0 bridgehead atoms. The Bertz CT molecular complexity index is 334. The van der Waals surface area contributed by atoms with Crippen molar-refractivity contribution in [2.75, 3.05) is 13.1 Å². The minimum atomic E-state index is -4.77. The van der Waals surface area contributed by atoms with E-state index in [1.807, 2.05) is 17.5 Å². The van der Waals surface area contributed by atoms with Crippen LogP contribution >= 0.6 is 11.3 Å². The first-order valence-electron chi connectivity index (χ1n) is 4.83. The van der Waals surface area contributed by atoms with E-state index in [0.717, 1.165) is 9.78 Å². The van der Waals surface area contributed by atoms with Crippen LogP contribution in [0.2, 0.25) is 0 Å².